The number of benzene rings is 1. The van der Waals surface area contributed by atoms with Crippen LogP contribution in [0.4, 0.5) is 14.5 Å². The molecule has 1 heterocycles. The van der Waals surface area contributed by atoms with E-state index in [1.165, 1.54) is 23.1 Å². The number of fused-ring (bicyclic) bond motifs is 1. The highest BCUT2D eigenvalue weighted by molar-refractivity contribution is 8.01. The molecule has 1 aromatic carbocycles. The van der Waals surface area contributed by atoms with E-state index in [4.69, 9.17) is 0 Å². The van der Waals surface area contributed by atoms with Crippen LogP contribution in [0.1, 0.15) is 6.42 Å². The largest absolute Gasteiger partial charge is 0.284 e. The van der Waals surface area contributed by atoms with Crippen LogP contribution < -0.4 is 4.72 Å². The van der Waals surface area contributed by atoms with E-state index in [1.54, 1.807) is 18.2 Å². The van der Waals surface area contributed by atoms with Crippen molar-refractivity contribution in [2.75, 3.05) is 16.7 Å². The first-order chi connectivity index (χ1) is 9.83. The fraction of sp³-hybridized carbons (Fsp3) is 0.250. The first kappa shape index (κ1) is 16.2. The van der Waals surface area contributed by atoms with Crippen molar-refractivity contribution in [3.63, 3.8) is 0 Å². The van der Waals surface area contributed by atoms with E-state index in [0.717, 1.165) is 26.9 Å². The van der Waals surface area contributed by atoms with E-state index in [2.05, 4.69) is 9.71 Å². The summed E-state index contributed by atoms with van der Waals surface area (Å²) in [5.74, 6) is 0.519. The van der Waals surface area contributed by atoms with Crippen molar-refractivity contribution in [3.05, 3.63) is 30.4 Å². The third kappa shape index (κ3) is 5.25. The Kier molecular flexibility index (Phi) is 5.17. The molecule has 2 rings (SSSR count). The van der Waals surface area contributed by atoms with E-state index in [1.807, 2.05) is 0 Å². The van der Waals surface area contributed by atoms with Gasteiger partial charge in [0.1, 0.15) is 0 Å². The Labute approximate surface area is 129 Å². The summed E-state index contributed by atoms with van der Waals surface area (Å²) in [5, 5.41) is 0. The van der Waals surface area contributed by atoms with Crippen LogP contribution in [-0.4, -0.2) is 25.4 Å². The Morgan fingerprint density at radius 1 is 1.48 bits per heavy atom. The first-order valence-corrected chi connectivity index (χ1v) is 9.55. The lowest BCUT2D eigenvalue weighted by Crippen LogP contribution is -2.09. The van der Waals surface area contributed by atoms with Gasteiger partial charge in [-0.15, -0.1) is 11.3 Å². The number of thiazole rings is 1. The van der Waals surface area contributed by atoms with Crippen molar-refractivity contribution >= 4 is 49.0 Å². The number of rotatable bonds is 6. The lowest BCUT2D eigenvalue weighted by atomic mass is 10.3. The normalized spacial score (nSPS) is 11.6. The molecule has 2 aromatic rings. The lowest BCUT2D eigenvalue weighted by Gasteiger charge is -2.02. The number of nitrogens with one attached hydrogen (secondary N) is 1. The first-order valence-electron chi connectivity index (χ1n) is 5.86. The van der Waals surface area contributed by atoms with Crippen molar-refractivity contribution in [3.8, 4) is 0 Å². The molecule has 0 fully saturated rings. The maximum Gasteiger partial charge on any atom is 0.266 e. The maximum atomic E-state index is 11.9. The van der Waals surface area contributed by atoms with Gasteiger partial charge in [-0.2, -0.15) is 8.78 Å². The second-order valence-electron chi connectivity index (χ2n) is 4.17. The molecule has 0 atom stereocenters. The van der Waals surface area contributed by atoms with Gasteiger partial charge in [-0.3, -0.25) is 4.72 Å². The average Bonchev–Trinajstić information content (AvgIpc) is 2.74. The highest BCUT2D eigenvalue weighted by atomic mass is 32.2. The molecular weight excluding hydrogens is 338 g/mol. The van der Waals surface area contributed by atoms with E-state index < -0.39 is 16.1 Å². The van der Waals surface area contributed by atoms with E-state index in [9.17, 15) is 17.2 Å². The monoisotopic (exact) mass is 350 g/mol. The Hall–Kier alpha value is -1.19. The quantitative estimate of drug-likeness (QED) is 0.633. The smallest absolute Gasteiger partial charge is 0.266 e. The Bertz CT molecular complexity index is 768. The molecule has 0 spiro atoms. The van der Waals surface area contributed by atoms with Crippen molar-refractivity contribution in [2.45, 2.75) is 10.8 Å². The van der Waals surface area contributed by atoms with Crippen LogP contribution in [0.5, 0.6) is 0 Å². The zero-order valence-electron chi connectivity index (χ0n) is 11.0. The molecule has 114 valence electrons. The number of nitrogens with zero attached hydrogens (tertiary/aromatic N) is 1. The van der Waals surface area contributed by atoms with Crippen LogP contribution in [0.15, 0.2) is 34.7 Å². The zero-order valence-corrected chi connectivity index (χ0v) is 13.4. The van der Waals surface area contributed by atoms with Crippen LogP contribution in [0, 0.1) is 0 Å². The summed E-state index contributed by atoms with van der Waals surface area (Å²) in [4.78, 5) is 4.36. The number of anilines is 1. The van der Waals surface area contributed by atoms with Gasteiger partial charge in [0.2, 0.25) is 10.0 Å². The summed E-state index contributed by atoms with van der Waals surface area (Å²) in [6, 6.07) is 5.07. The fourth-order valence-electron chi connectivity index (χ4n) is 1.56. The van der Waals surface area contributed by atoms with Crippen LogP contribution >= 0.6 is 23.1 Å². The summed E-state index contributed by atoms with van der Waals surface area (Å²) in [6.45, 7) is 0. The van der Waals surface area contributed by atoms with Gasteiger partial charge in [-0.1, -0.05) is 11.8 Å². The predicted molar refractivity (Wildman–Crippen MR) is 83.7 cm³/mol. The minimum absolute atomic E-state index is 0.282. The second kappa shape index (κ2) is 6.71. The SMILES string of the molecule is CS(=O)(=O)Nc1ccc2nc(SCCC=C(F)F)sc2c1. The molecule has 0 aliphatic heterocycles. The van der Waals surface area contributed by atoms with Gasteiger partial charge in [0.25, 0.3) is 6.08 Å². The number of sulfonamides is 1. The van der Waals surface area contributed by atoms with Gasteiger partial charge in [0.15, 0.2) is 4.34 Å². The molecule has 9 heteroatoms. The Morgan fingerprint density at radius 2 is 2.24 bits per heavy atom. The molecule has 0 saturated carbocycles. The van der Waals surface area contributed by atoms with Crippen LogP contribution in [0.2, 0.25) is 0 Å². The number of hydrogen-bond donors (Lipinski definition) is 1. The molecule has 4 nitrogen and oxygen atoms in total. The minimum atomic E-state index is -3.31. The molecule has 0 amide bonds. The third-order valence-electron chi connectivity index (χ3n) is 2.31. The molecule has 0 radical (unpaired) electrons. The molecular formula is C12H12F2N2O2S3. The van der Waals surface area contributed by atoms with E-state index >= 15 is 0 Å². The molecule has 1 N–H and O–H groups in total. The minimum Gasteiger partial charge on any atom is -0.284 e. The average molecular weight is 350 g/mol. The summed E-state index contributed by atoms with van der Waals surface area (Å²) in [7, 11) is -3.31. The van der Waals surface area contributed by atoms with Crippen molar-refractivity contribution < 1.29 is 17.2 Å². The third-order valence-corrected chi connectivity index (χ3v) is 5.12. The molecule has 0 unspecified atom stereocenters. The van der Waals surface area contributed by atoms with Crippen LogP contribution in [0.25, 0.3) is 10.2 Å². The fourth-order valence-corrected chi connectivity index (χ4v) is 4.18. The number of allylic oxidation sites excluding steroid dienone is 1. The van der Waals surface area contributed by atoms with Crippen molar-refractivity contribution in [2.24, 2.45) is 0 Å². The number of aromatic nitrogens is 1. The molecule has 0 bridgehead atoms. The summed E-state index contributed by atoms with van der Waals surface area (Å²) in [5.41, 5.74) is 1.24. The summed E-state index contributed by atoms with van der Waals surface area (Å²) >= 11 is 2.80. The van der Waals surface area contributed by atoms with Crippen molar-refractivity contribution in [1.29, 1.82) is 0 Å². The maximum absolute atomic E-state index is 11.9. The molecule has 0 aliphatic rings. The van der Waals surface area contributed by atoms with E-state index in [0.29, 0.717) is 11.4 Å². The summed E-state index contributed by atoms with van der Waals surface area (Å²) < 4.78 is 50.2. The van der Waals surface area contributed by atoms with Crippen LogP contribution in [0.3, 0.4) is 0 Å². The standard InChI is InChI=1S/C12H12F2N2O2S3/c1-21(17,18)16-8-4-5-9-10(7-8)20-12(15-9)19-6-2-3-11(13)14/h3-5,7,16H,2,6H2,1H3. The van der Waals surface area contributed by atoms with Gasteiger partial charge in [0, 0.05) is 5.75 Å². The van der Waals surface area contributed by atoms with Gasteiger partial charge >= 0.3 is 0 Å². The van der Waals surface area contributed by atoms with Crippen LogP contribution in [-0.2, 0) is 10.0 Å². The molecule has 21 heavy (non-hydrogen) atoms. The lowest BCUT2D eigenvalue weighted by molar-refractivity contribution is 0.418. The number of thioether (sulfide) groups is 1. The number of hydrogen-bond acceptors (Lipinski definition) is 5. The van der Waals surface area contributed by atoms with E-state index in [-0.39, 0.29) is 6.42 Å². The topological polar surface area (TPSA) is 59.1 Å². The van der Waals surface area contributed by atoms with Gasteiger partial charge in [-0.05, 0) is 30.7 Å². The molecule has 0 saturated heterocycles. The Balaban J connectivity index is 2.09. The van der Waals surface area contributed by atoms with Gasteiger partial charge in [-0.25, -0.2) is 13.4 Å². The molecule has 0 aliphatic carbocycles. The highest BCUT2D eigenvalue weighted by Crippen LogP contribution is 2.31. The predicted octanol–water partition coefficient (Wildman–Crippen LogP) is 3.93. The summed E-state index contributed by atoms with van der Waals surface area (Å²) in [6.07, 6.45) is 0.581. The highest BCUT2D eigenvalue weighted by Gasteiger charge is 2.07. The Morgan fingerprint density at radius 3 is 2.90 bits per heavy atom. The van der Waals surface area contributed by atoms with Gasteiger partial charge in [0.05, 0.1) is 22.2 Å². The van der Waals surface area contributed by atoms with Gasteiger partial charge < -0.3 is 0 Å². The molecule has 1 aromatic heterocycles. The van der Waals surface area contributed by atoms with Crippen molar-refractivity contribution in [1.82, 2.24) is 4.98 Å². The second-order valence-corrected chi connectivity index (χ2v) is 8.29. The zero-order chi connectivity index (χ0) is 15.5. The number of halogens is 2.